The average Bonchev–Trinajstić information content (AvgIpc) is 2.71. The molecule has 2 atom stereocenters. The molecule has 0 amide bonds. The van der Waals surface area contributed by atoms with Crippen LogP contribution in [0.15, 0.2) is 0 Å². The standard InChI is InChI=1S/C28H59N/c1-4-6-8-10-12-15-19-23-27(3)24-20-16-14-18-22-26-28(29)25-21-17-13-11-9-7-5-2/h27-28H,4-26,29H2,1-3H3. The maximum Gasteiger partial charge on any atom is 0.00388 e. The molecule has 0 saturated heterocycles. The van der Waals surface area contributed by atoms with Crippen LogP contribution in [0.3, 0.4) is 0 Å². The molecule has 0 fully saturated rings. The van der Waals surface area contributed by atoms with Crippen LogP contribution in [0.25, 0.3) is 0 Å². The highest BCUT2D eigenvalue weighted by Crippen LogP contribution is 2.19. The van der Waals surface area contributed by atoms with E-state index in [0.717, 1.165) is 5.92 Å². The van der Waals surface area contributed by atoms with E-state index in [1.54, 1.807) is 0 Å². The van der Waals surface area contributed by atoms with E-state index in [9.17, 15) is 0 Å². The van der Waals surface area contributed by atoms with Crippen molar-refractivity contribution in [1.29, 1.82) is 0 Å². The van der Waals surface area contributed by atoms with Crippen molar-refractivity contribution < 1.29 is 0 Å². The SMILES string of the molecule is CCCCCCCCCC(C)CCCCCCCC(N)CCCCCCCCC. The van der Waals surface area contributed by atoms with Crippen LogP contribution in [0, 0.1) is 5.92 Å². The van der Waals surface area contributed by atoms with Gasteiger partial charge in [0.1, 0.15) is 0 Å². The van der Waals surface area contributed by atoms with Crippen LogP contribution >= 0.6 is 0 Å². The zero-order valence-corrected chi connectivity index (χ0v) is 21.0. The van der Waals surface area contributed by atoms with Gasteiger partial charge in [0, 0.05) is 6.04 Å². The van der Waals surface area contributed by atoms with Gasteiger partial charge in [0.2, 0.25) is 0 Å². The fourth-order valence-electron chi connectivity index (χ4n) is 4.53. The van der Waals surface area contributed by atoms with Crippen LogP contribution in [0.4, 0.5) is 0 Å². The highest BCUT2D eigenvalue weighted by Gasteiger charge is 2.04. The van der Waals surface area contributed by atoms with Crippen LogP contribution in [0.1, 0.15) is 168 Å². The van der Waals surface area contributed by atoms with Crippen LogP contribution in [-0.2, 0) is 0 Å². The van der Waals surface area contributed by atoms with Gasteiger partial charge in [0.05, 0.1) is 0 Å². The minimum atomic E-state index is 0.465. The number of nitrogens with two attached hydrogens (primary N) is 1. The second-order valence-corrected chi connectivity index (χ2v) is 10.0. The summed E-state index contributed by atoms with van der Waals surface area (Å²) in [6.07, 6.45) is 32.4. The maximum atomic E-state index is 6.31. The number of hydrogen-bond acceptors (Lipinski definition) is 1. The van der Waals surface area contributed by atoms with E-state index in [-0.39, 0.29) is 0 Å². The Kier molecular flexibility index (Phi) is 24.2. The van der Waals surface area contributed by atoms with Gasteiger partial charge in [-0.25, -0.2) is 0 Å². The molecule has 176 valence electrons. The summed E-state index contributed by atoms with van der Waals surface area (Å²) in [6, 6.07) is 0.465. The Hall–Kier alpha value is -0.0400. The zero-order valence-electron chi connectivity index (χ0n) is 21.0. The molecule has 1 heteroatoms. The van der Waals surface area contributed by atoms with Crippen molar-refractivity contribution in [2.45, 2.75) is 174 Å². The van der Waals surface area contributed by atoms with Crippen LogP contribution in [0.2, 0.25) is 0 Å². The molecule has 1 nitrogen and oxygen atoms in total. The van der Waals surface area contributed by atoms with Crippen LogP contribution in [-0.4, -0.2) is 6.04 Å². The van der Waals surface area contributed by atoms with Crippen molar-refractivity contribution in [2.75, 3.05) is 0 Å². The quantitative estimate of drug-likeness (QED) is 0.158. The van der Waals surface area contributed by atoms with Crippen molar-refractivity contribution in [3.8, 4) is 0 Å². The molecule has 0 bridgehead atoms. The van der Waals surface area contributed by atoms with Crippen molar-refractivity contribution in [3.63, 3.8) is 0 Å². The van der Waals surface area contributed by atoms with E-state index in [0.29, 0.717) is 6.04 Å². The van der Waals surface area contributed by atoms with Crippen LogP contribution in [0.5, 0.6) is 0 Å². The van der Waals surface area contributed by atoms with E-state index in [1.165, 1.54) is 148 Å². The minimum absolute atomic E-state index is 0.465. The van der Waals surface area contributed by atoms with Crippen molar-refractivity contribution in [2.24, 2.45) is 11.7 Å². The topological polar surface area (TPSA) is 26.0 Å². The molecule has 0 aliphatic carbocycles. The van der Waals surface area contributed by atoms with Gasteiger partial charge in [-0.05, 0) is 18.8 Å². The molecular formula is C28H59N. The predicted molar refractivity (Wildman–Crippen MR) is 135 cm³/mol. The lowest BCUT2D eigenvalue weighted by Gasteiger charge is -2.12. The summed E-state index contributed by atoms with van der Waals surface area (Å²) in [5, 5.41) is 0. The Morgan fingerprint density at radius 1 is 0.414 bits per heavy atom. The molecule has 0 aromatic rings. The summed E-state index contributed by atoms with van der Waals surface area (Å²) < 4.78 is 0. The summed E-state index contributed by atoms with van der Waals surface area (Å²) in [5.74, 6) is 0.945. The molecule has 0 saturated carbocycles. The highest BCUT2D eigenvalue weighted by molar-refractivity contribution is 4.62. The van der Waals surface area contributed by atoms with Gasteiger partial charge in [-0.2, -0.15) is 0 Å². The molecule has 0 aromatic heterocycles. The molecule has 0 aromatic carbocycles. The van der Waals surface area contributed by atoms with Gasteiger partial charge in [0.15, 0.2) is 0 Å². The molecule has 2 N–H and O–H groups in total. The van der Waals surface area contributed by atoms with Crippen LogP contribution < -0.4 is 5.73 Å². The smallest absolute Gasteiger partial charge is 0.00388 e. The fourth-order valence-corrected chi connectivity index (χ4v) is 4.53. The summed E-state index contributed by atoms with van der Waals surface area (Å²) >= 11 is 0. The molecule has 29 heavy (non-hydrogen) atoms. The first-order chi connectivity index (χ1) is 14.2. The number of rotatable bonds is 24. The third-order valence-electron chi connectivity index (χ3n) is 6.75. The van der Waals surface area contributed by atoms with Gasteiger partial charge < -0.3 is 5.73 Å². The van der Waals surface area contributed by atoms with E-state index >= 15 is 0 Å². The predicted octanol–water partition coefficient (Wildman–Crippen LogP) is 9.96. The van der Waals surface area contributed by atoms with Crippen molar-refractivity contribution in [3.05, 3.63) is 0 Å². The highest BCUT2D eigenvalue weighted by atomic mass is 14.6. The molecule has 0 spiro atoms. The Morgan fingerprint density at radius 3 is 1.03 bits per heavy atom. The van der Waals surface area contributed by atoms with Crippen molar-refractivity contribution in [1.82, 2.24) is 0 Å². The molecular weight excluding hydrogens is 350 g/mol. The zero-order chi connectivity index (χ0) is 21.4. The van der Waals surface area contributed by atoms with Gasteiger partial charge in [-0.1, -0.05) is 156 Å². The molecule has 0 rings (SSSR count). The first kappa shape index (κ1) is 29.0. The Balaban J connectivity index is 3.24. The first-order valence-corrected chi connectivity index (χ1v) is 14.0. The second-order valence-electron chi connectivity index (χ2n) is 10.0. The summed E-state index contributed by atoms with van der Waals surface area (Å²) in [7, 11) is 0. The molecule has 0 heterocycles. The normalized spacial score (nSPS) is 13.7. The number of unbranched alkanes of at least 4 members (excludes halogenated alkanes) is 16. The Morgan fingerprint density at radius 2 is 0.690 bits per heavy atom. The maximum absolute atomic E-state index is 6.31. The Bertz CT molecular complexity index is 260. The lowest BCUT2D eigenvalue weighted by molar-refractivity contribution is 0.428. The van der Waals surface area contributed by atoms with E-state index in [4.69, 9.17) is 5.73 Å². The third kappa shape index (κ3) is 24.1. The lowest BCUT2D eigenvalue weighted by Crippen LogP contribution is -2.19. The fraction of sp³-hybridized carbons (Fsp3) is 1.00. The van der Waals surface area contributed by atoms with E-state index < -0.39 is 0 Å². The van der Waals surface area contributed by atoms with Gasteiger partial charge >= 0.3 is 0 Å². The molecule has 0 aliphatic heterocycles. The monoisotopic (exact) mass is 409 g/mol. The largest absolute Gasteiger partial charge is 0.328 e. The lowest BCUT2D eigenvalue weighted by atomic mass is 9.95. The van der Waals surface area contributed by atoms with E-state index in [1.807, 2.05) is 0 Å². The van der Waals surface area contributed by atoms with Crippen molar-refractivity contribution >= 4 is 0 Å². The molecule has 0 aliphatic rings. The average molecular weight is 410 g/mol. The van der Waals surface area contributed by atoms with Gasteiger partial charge in [0.25, 0.3) is 0 Å². The first-order valence-electron chi connectivity index (χ1n) is 14.0. The minimum Gasteiger partial charge on any atom is -0.328 e. The summed E-state index contributed by atoms with van der Waals surface area (Å²) in [4.78, 5) is 0. The number of hydrogen-bond donors (Lipinski definition) is 1. The summed E-state index contributed by atoms with van der Waals surface area (Å²) in [5.41, 5.74) is 6.31. The Labute approximate surface area is 186 Å². The van der Waals surface area contributed by atoms with E-state index in [2.05, 4.69) is 20.8 Å². The van der Waals surface area contributed by atoms with Gasteiger partial charge in [-0.15, -0.1) is 0 Å². The molecule has 2 unspecified atom stereocenters. The van der Waals surface area contributed by atoms with Gasteiger partial charge in [-0.3, -0.25) is 0 Å². The molecule has 0 radical (unpaired) electrons. The second kappa shape index (κ2) is 24.2. The summed E-state index contributed by atoms with van der Waals surface area (Å²) in [6.45, 7) is 7.06. The third-order valence-corrected chi connectivity index (χ3v) is 6.75.